The van der Waals surface area contributed by atoms with Gasteiger partial charge in [0.25, 0.3) is 0 Å². The summed E-state index contributed by atoms with van der Waals surface area (Å²) in [5, 5.41) is 9.08. The molecular weight excluding hydrogens is 416 g/mol. The first-order chi connectivity index (χ1) is 16.2. The number of carbonyl (C=O) groups is 1. The van der Waals surface area contributed by atoms with Gasteiger partial charge < -0.3 is 19.0 Å². The Hall–Kier alpha value is -3.71. The molecule has 4 heterocycles. The first-order valence-electron chi connectivity index (χ1n) is 11.2. The Balaban J connectivity index is 0.000000140. The summed E-state index contributed by atoms with van der Waals surface area (Å²) >= 11 is 0. The van der Waals surface area contributed by atoms with Crippen LogP contribution < -0.4 is 0 Å². The maximum Gasteiger partial charge on any atom is 0.308 e. The predicted octanol–water partition coefficient (Wildman–Crippen LogP) is 4.24. The fourth-order valence-corrected chi connectivity index (χ4v) is 4.87. The maximum absolute atomic E-state index is 11.7. The summed E-state index contributed by atoms with van der Waals surface area (Å²) < 4.78 is 9.22. The molecule has 7 heteroatoms. The number of hydrogen-bond donors (Lipinski definition) is 1. The van der Waals surface area contributed by atoms with Gasteiger partial charge in [-0.2, -0.15) is 0 Å². The van der Waals surface area contributed by atoms with Gasteiger partial charge in [0, 0.05) is 17.7 Å². The molecular formula is C26H26N4O3. The number of imidazole rings is 2. The Morgan fingerprint density at radius 1 is 0.909 bits per heavy atom. The number of aromatic nitrogens is 4. The van der Waals surface area contributed by atoms with Crippen LogP contribution in [0.25, 0.3) is 22.5 Å². The van der Waals surface area contributed by atoms with Crippen LogP contribution in [0.2, 0.25) is 0 Å². The Morgan fingerprint density at radius 3 is 2.03 bits per heavy atom. The molecule has 33 heavy (non-hydrogen) atoms. The van der Waals surface area contributed by atoms with Gasteiger partial charge in [-0.15, -0.1) is 0 Å². The number of hydrogen-bond acceptors (Lipinski definition) is 5. The molecule has 0 bridgehead atoms. The standard InChI is InChI=1S/C14H14N2O2.C12H12N2O/c1-2-18-14(17)7-12-10-5-3-4-6-11(10)13-8-15-9-16(12)13;15-6-5-11-9-3-1-2-4-10(9)12-7-13-8-14(11)12/h3-6,8-9,12H,2,7H2,1H3;1-4,7-8,11,15H,5-6H2. The molecule has 2 aromatic carbocycles. The molecule has 168 valence electrons. The van der Waals surface area contributed by atoms with Gasteiger partial charge in [0.2, 0.25) is 0 Å². The van der Waals surface area contributed by atoms with E-state index in [-0.39, 0.29) is 24.7 Å². The number of nitrogens with zero attached hydrogens (tertiary/aromatic N) is 4. The highest BCUT2D eigenvalue weighted by molar-refractivity contribution is 5.75. The van der Waals surface area contributed by atoms with Gasteiger partial charge in [-0.1, -0.05) is 48.5 Å². The summed E-state index contributed by atoms with van der Waals surface area (Å²) in [7, 11) is 0. The lowest BCUT2D eigenvalue weighted by atomic mass is 10.0. The molecule has 0 amide bonds. The van der Waals surface area contributed by atoms with Crippen LogP contribution in [-0.4, -0.2) is 43.4 Å². The van der Waals surface area contributed by atoms with Gasteiger partial charge in [-0.05, 0) is 24.5 Å². The van der Waals surface area contributed by atoms with E-state index < -0.39 is 0 Å². The van der Waals surface area contributed by atoms with E-state index in [4.69, 9.17) is 9.84 Å². The van der Waals surface area contributed by atoms with Crippen molar-refractivity contribution in [2.45, 2.75) is 31.8 Å². The van der Waals surface area contributed by atoms with E-state index in [9.17, 15) is 4.79 Å². The molecule has 2 aliphatic rings. The summed E-state index contributed by atoms with van der Waals surface area (Å²) in [5.74, 6) is -0.168. The van der Waals surface area contributed by atoms with Crippen molar-refractivity contribution >= 4 is 5.97 Å². The van der Waals surface area contributed by atoms with Crippen LogP contribution in [0.15, 0.2) is 73.6 Å². The molecule has 4 aromatic rings. The third kappa shape index (κ3) is 3.74. The number of esters is 1. The molecule has 1 N–H and O–H groups in total. The van der Waals surface area contributed by atoms with Crippen LogP contribution in [0.1, 0.15) is 43.0 Å². The molecule has 0 saturated carbocycles. The second-order valence-corrected chi connectivity index (χ2v) is 8.10. The van der Waals surface area contributed by atoms with Gasteiger partial charge in [0.15, 0.2) is 0 Å². The molecule has 0 spiro atoms. The molecule has 2 atom stereocenters. The number of fused-ring (bicyclic) bond motifs is 6. The van der Waals surface area contributed by atoms with Crippen LogP contribution in [0.5, 0.6) is 0 Å². The van der Waals surface area contributed by atoms with Crippen molar-refractivity contribution in [3.63, 3.8) is 0 Å². The average molecular weight is 443 g/mol. The lowest BCUT2D eigenvalue weighted by molar-refractivity contribution is -0.143. The van der Waals surface area contributed by atoms with Crippen molar-refractivity contribution in [1.29, 1.82) is 0 Å². The highest BCUT2D eigenvalue weighted by Gasteiger charge is 2.30. The number of aliphatic hydroxyl groups excluding tert-OH is 1. The van der Waals surface area contributed by atoms with E-state index in [1.54, 1.807) is 6.33 Å². The third-order valence-electron chi connectivity index (χ3n) is 6.26. The molecule has 2 aliphatic heterocycles. The van der Waals surface area contributed by atoms with E-state index in [1.807, 2.05) is 54.5 Å². The van der Waals surface area contributed by atoms with Crippen molar-refractivity contribution < 1.29 is 14.6 Å². The Kier molecular flexibility index (Phi) is 5.79. The maximum atomic E-state index is 11.7. The Morgan fingerprint density at radius 2 is 1.45 bits per heavy atom. The lowest BCUT2D eigenvalue weighted by Crippen LogP contribution is -2.13. The lowest BCUT2D eigenvalue weighted by Gasteiger charge is -2.13. The Labute approximate surface area is 192 Å². The van der Waals surface area contributed by atoms with E-state index in [0.29, 0.717) is 13.0 Å². The van der Waals surface area contributed by atoms with E-state index in [0.717, 1.165) is 23.4 Å². The van der Waals surface area contributed by atoms with Crippen molar-refractivity contribution in [3.8, 4) is 22.5 Å². The van der Waals surface area contributed by atoms with Crippen molar-refractivity contribution in [3.05, 3.63) is 84.7 Å². The zero-order valence-electron chi connectivity index (χ0n) is 18.5. The molecule has 0 fully saturated rings. The molecule has 2 aromatic heterocycles. The second-order valence-electron chi connectivity index (χ2n) is 8.10. The first kappa shape index (κ1) is 21.2. The third-order valence-corrected chi connectivity index (χ3v) is 6.26. The van der Waals surface area contributed by atoms with Gasteiger partial charge in [0.1, 0.15) is 0 Å². The van der Waals surface area contributed by atoms with E-state index in [2.05, 4.69) is 38.8 Å². The number of rotatable bonds is 5. The minimum Gasteiger partial charge on any atom is -0.466 e. The predicted molar refractivity (Wildman–Crippen MR) is 125 cm³/mol. The zero-order chi connectivity index (χ0) is 22.8. The molecule has 7 nitrogen and oxygen atoms in total. The highest BCUT2D eigenvalue weighted by Crippen LogP contribution is 2.41. The normalized spacial score (nSPS) is 16.8. The number of aliphatic hydroxyl groups is 1. The average Bonchev–Trinajstić information content (AvgIpc) is 3.60. The number of benzene rings is 2. The van der Waals surface area contributed by atoms with Crippen molar-refractivity contribution in [2.24, 2.45) is 0 Å². The Bertz CT molecular complexity index is 1280. The quantitative estimate of drug-likeness (QED) is 0.468. The summed E-state index contributed by atoms with van der Waals surface area (Å²) in [6.45, 7) is 2.45. The van der Waals surface area contributed by atoms with Crippen LogP contribution >= 0.6 is 0 Å². The molecule has 0 radical (unpaired) electrons. The summed E-state index contributed by atoms with van der Waals surface area (Å²) in [5.41, 5.74) is 7.09. The first-order valence-corrected chi connectivity index (χ1v) is 11.2. The van der Waals surface area contributed by atoms with Crippen LogP contribution in [0.4, 0.5) is 0 Å². The minimum atomic E-state index is -0.168. The summed E-state index contributed by atoms with van der Waals surface area (Å²) in [6.07, 6.45) is 8.45. The number of carbonyl (C=O) groups excluding carboxylic acids is 1. The molecule has 0 saturated heterocycles. The topological polar surface area (TPSA) is 82.2 Å². The fourth-order valence-electron chi connectivity index (χ4n) is 4.87. The highest BCUT2D eigenvalue weighted by atomic mass is 16.5. The fraction of sp³-hybridized carbons (Fsp3) is 0.269. The van der Waals surface area contributed by atoms with Crippen LogP contribution in [-0.2, 0) is 9.53 Å². The monoisotopic (exact) mass is 442 g/mol. The van der Waals surface area contributed by atoms with Crippen LogP contribution in [0, 0.1) is 0 Å². The van der Waals surface area contributed by atoms with Gasteiger partial charge in [-0.3, -0.25) is 4.79 Å². The van der Waals surface area contributed by atoms with Gasteiger partial charge in [-0.25, -0.2) is 9.97 Å². The molecule has 6 rings (SSSR count). The van der Waals surface area contributed by atoms with Crippen molar-refractivity contribution in [1.82, 2.24) is 19.1 Å². The van der Waals surface area contributed by atoms with Crippen molar-refractivity contribution in [2.75, 3.05) is 13.2 Å². The summed E-state index contributed by atoms with van der Waals surface area (Å²) in [4.78, 5) is 20.0. The molecule has 0 aliphatic carbocycles. The second kappa shape index (κ2) is 9.03. The summed E-state index contributed by atoms with van der Waals surface area (Å²) in [6, 6.07) is 16.7. The van der Waals surface area contributed by atoms with E-state index in [1.165, 1.54) is 16.7 Å². The molecule has 2 unspecified atom stereocenters. The van der Waals surface area contributed by atoms with Gasteiger partial charge in [0.05, 0.1) is 61.5 Å². The largest absolute Gasteiger partial charge is 0.466 e. The van der Waals surface area contributed by atoms with Gasteiger partial charge >= 0.3 is 5.97 Å². The minimum absolute atomic E-state index is 0.0118. The van der Waals surface area contributed by atoms with Crippen LogP contribution in [0.3, 0.4) is 0 Å². The zero-order valence-corrected chi connectivity index (χ0v) is 18.5. The van der Waals surface area contributed by atoms with E-state index >= 15 is 0 Å². The number of ether oxygens (including phenoxy) is 1. The smallest absolute Gasteiger partial charge is 0.308 e. The SMILES string of the molecule is CCOC(=O)CC1c2ccccc2-c2cncn21.OCCC1c2ccccc2-c2cncn21.